The summed E-state index contributed by atoms with van der Waals surface area (Å²) in [6.45, 7) is 0.751. The second-order valence-corrected chi connectivity index (χ2v) is 5.58. The van der Waals surface area contributed by atoms with Crippen molar-refractivity contribution in [2.45, 2.75) is 15.8 Å². The van der Waals surface area contributed by atoms with Gasteiger partial charge in [-0.05, 0) is 24.7 Å². The molecule has 0 saturated carbocycles. The third kappa shape index (κ3) is 2.74. The fourth-order valence-electron chi connectivity index (χ4n) is 1.28. The van der Waals surface area contributed by atoms with E-state index in [1.165, 1.54) is 11.3 Å². The van der Waals surface area contributed by atoms with Crippen LogP contribution in [0.1, 0.15) is 5.56 Å². The van der Waals surface area contributed by atoms with E-state index in [1.54, 1.807) is 17.3 Å². The average Bonchev–Trinajstić information content (AvgIpc) is 2.76. The van der Waals surface area contributed by atoms with Gasteiger partial charge in [0, 0.05) is 16.5 Å². The Labute approximate surface area is 107 Å². The Morgan fingerprint density at radius 3 is 3.06 bits per heavy atom. The maximum absolute atomic E-state index is 6.16. The standard InChI is InChI=1S/C10H10ClN3S2/c1-12-5-7-8(11)3-2-4-9(7)16-10-14-13-6-15-10/h2-4,6,12H,5H2,1H3. The molecule has 1 N–H and O–H groups in total. The lowest BCUT2D eigenvalue weighted by Crippen LogP contribution is -2.06. The predicted octanol–water partition coefficient (Wildman–Crippen LogP) is 3.06. The Morgan fingerprint density at radius 1 is 1.50 bits per heavy atom. The van der Waals surface area contributed by atoms with Gasteiger partial charge >= 0.3 is 0 Å². The molecule has 0 spiro atoms. The Morgan fingerprint density at radius 2 is 2.38 bits per heavy atom. The maximum atomic E-state index is 6.16. The van der Waals surface area contributed by atoms with E-state index < -0.39 is 0 Å². The number of hydrogen-bond acceptors (Lipinski definition) is 5. The second-order valence-electron chi connectivity index (χ2n) is 3.05. The van der Waals surface area contributed by atoms with Gasteiger partial charge in [-0.2, -0.15) is 0 Å². The van der Waals surface area contributed by atoms with Gasteiger partial charge in [-0.1, -0.05) is 40.8 Å². The van der Waals surface area contributed by atoms with Crippen LogP contribution in [0.25, 0.3) is 0 Å². The molecule has 1 heterocycles. The van der Waals surface area contributed by atoms with Crippen molar-refractivity contribution >= 4 is 34.7 Å². The molecule has 0 unspecified atom stereocenters. The highest BCUT2D eigenvalue weighted by Gasteiger charge is 2.09. The van der Waals surface area contributed by atoms with Gasteiger partial charge in [-0.15, -0.1) is 10.2 Å². The summed E-state index contributed by atoms with van der Waals surface area (Å²) in [5.74, 6) is 0. The Balaban J connectivity index is 2.29. The fourth-order valence-corrected chi connectivity index (χ4v) is 3.18. The summed E-state index contributed by atoms with van der Waals surface area (Å²) < 4.78 is 0.930. The largest absolute Gasteiger partial charge is 0.316 e. The lowest BCUT2D eigenvalue weighted by Gasteiger charge is -2.08. The summed E-state index contributed by atoms with van der Waals surface area (Å²) in [5, 5.41) is 11.7. The third-order valence-corrected chi connectivity index (χ3v) is 4.20. The van der Waals surface area contributed by atoms with E-state index in [0.717, 1.165) is 26.4 Å². The minimum absolute atomic E-state index is 0.751. The van der Waals surface area contributed by atoms with Crippen molar-refractivity contribution in [1.82, 2.24) is 15.5 Å². The van der Waals surface area contributed by atoms with E-state index in [-0.39, 0.29) is 0 Å². The quantitative estimate of drug-likeness (QED) is 0.928. The van der Waals surface area contributed by atoms with Gasteiger partial charge in [0.05, 0.1) is 0 Å². The van der Waals surface area contributed by atoms with Gasteiger partial charge in [-0.3, -0.25) is 0 Å². The van der Waals surface area contributed by atoms with Crippen molar-refractivity contribution in [1.29, 1.82) is 0 Å². The molecule has 0 radical (unpaired) electrons. The minimum Gasteiger partial charge on any atom is -0.316 e. The molecule has 84 valence electrons. The molecule has 0 atom stereocenters. The first kappa shape index (κ1) is 11.9. The molecule has 2 aromatic rings. The summed E-state index contributed by atoms with van der Waals surface area (Å²) in [6.07, 6.45) is 0. The minimum atomic E-state index is 0.751. The third-order valence-electron chi connectivity index (χ3n) is 1.97. The zero-order valence-corrected chi connectivity index (χ0v) is 11.0. The molecule has 2 rings (SSSR count). The average molecular weight is 272 g/mol. The van der Waals surface area contributed by atoms with Crippen LogP contribution in [0.2, 0.25) is 5.02 Å². The molecule has 0 aliphatic carbocycles. The smallest absolute Gasteiger partial charge is 0.178 e. The summed E-state index contributed by atoms with van der Waals surface area (Å²) in [4.78, 5) is 1.12. The lowest BCUT2D eigenvalue weighted by molar-refractivity contribution is 0.803. The molecule has 0 aliphatic rings. The fraction of sp³-hybridized carbons (Fsp3) is 0.200. The van der Waals surface area contributed by atoms with Crippen LogP contribution in [0.5, 0.6) is 0 Å². The van der Waals surface area contributed by atoms with Gasteiger partial charge < -0.3 is 5.32 Å². The van der Waals surface area contributed by atoms with Crippen LogP contribution in [-0.4, -0.2) is 17.2 Å². The van der Waals surface area contributed by atoms with Crippen LogP contribution in [0.15, 0.2) is 32.9 Å². The molecule has 6 heteroatoms. The van der Waals surface area contributed by atoms with Gasteiger partial charge in [0.1, 0.15) is 5.51 Å². The zero-order chi connectivity index (χ0) is 11.4. The van der Waals surface area contributed by atoms with Crippen LogP contribution in [0, 0.1) is 0 Å². The summed E-state index contributed by atoms with van der Waals surface area (Å²) in [7, 11) is 1.91. The van der Waals surface area contributed by atoms with Crippen molar-refractivity contribution in [3.8, 4) is 0 Å². The highest BCUT2D eigenvalue weighted by molar-refractivity contribution is 8.01. The van der Waals surface area contributed by atoms with Gasteiger partial charge in [0.15, 0.2) is 4.34 Å². The number of rotatable bonds is 4. The van der Waals surface area contributed by atoms with Gasteiger partial charge in [-0.25, -0.2) is 0 Å². The molecule has 0 fully saturated rings. The maximum Gasteiger partial charge on any atom is 0.178 e. The number of aromatic nitrogens is 2. The van der Waals surface area contributed by atoms with E-state index in [2.05, 4.69) is 15.5 Å². The molecule has 3 nitrogen and oxygen atoms in total. The monoisotopic (exact) mass is 271 g/mol. The Hall–Kier alpha value is -0.620. The molecule has 0 aliphatic heterocycles. The number of nitrogens with one attached hydrogen (secondary N) is 1. The van der Waals surface area contributed by atoms with E-state index in [1.807, 2.05) is 25.2 Å². The van der Waals surface area contributed by atoms with E-state index in [9.17, 15) is 0 Å². The van der Waals surface area contributed by atoms with Crippen LogP contribution < -0.4 is 5.32 Å². The van der Waals surface area contributed by atoms with Gasteiger partial charge in [0.25, 0.3) is 0 Å². The lowest BCUT2D eigenvalue weighted by atomic mass is 10.2. The van der Waals surface area contributed by atoms with E-state index in [4.69, 9.17) is 11.6 Å². The van der Waals surface area contributed by atoms with Crippen LogP contribution in [0.3, 0.4) is 0 Å². The van der Waals surface area contributed by atoms with E-state index in [0.29, 0.717) is 0 Å². The molecule has 16 heavy (non-hydrogen) atoms. The summed E-state index contributed by atoms with van der Waals surface area (Å²) >= 11 is 9.29. The van der Waals surface area contributed by atoms with Crippen molar-refractivity contribution < 1.29 is 0 Å². The first-order chi connectivity index (χ1) is 7.81. The SMILES string of the molecule is CNCc1c(Cl)cccc1Sc1nncs1. The van der Waals surface area contributed by atoms with Crippen molar-refractivity contribution in [2.24, 2.45) is 0 Å². The topological polar surface area (TPSA) is 37.8 Å². The summed E-state index contributed by atoms with van der Waals surface area (Å²) in [6, 6.07) is 5.90. The highest BCUT2D eigenvalue weighted by Crippen LogP contribution is 2.34. The molecule has 0 saturated heterocycles. The molecule has 1 aromatic heterocycles. The number of benzene rings is 1. The second kappa shape index (κ2) is 5.63. The first-order valence-electron chi connectivity index (χ1n) is 4.67. The highest BCUT2D eigenvalue weighted by atomic mass is 35.5. The van der Waals surface area contributed by atoms with Crippen LogP contribution in [0.4, 0.5) is 0 Å². The first-order valence-corrected chi connectivity index (χ1v) is 6.74. The number of nitrogens with zero attached hydrogens (tertiary/aromatic N) is 2. The molecular weight excluding hydrogens is 262 g/mol. The molecule has 0 amide bonds. The normalized spacial score (nSPS) is 10.6. The Bertz CT molecular complexity index is 459. The predicted molar refractivity (Wildman–Crippen MR) is 68.2 cm³/mol. The Kier molecular flexibility index (Phi) is 4.17. The van der Waals surface area contributed by atoms with Crippen molar-refractivity contribution in [3.63, 3.8) is 0 Å². The van der Waals surface area contributed by atoms with Crippen LogP contribution in [-0.2, 0) is 6.54 Å². The number of hydrogen-bond donors (Lipinski definition) is 1. The van der Waals surface area contributed by atoms with Crippen molar-refractivity contribution in [2.75, 3.05) is 7.05 Å². The number of halogens is 1. The molecular formula is C10H10ClN3S2. The van der Waals surface area contributed by atoms with Crippen LogP contribution >= 0.6 is 34.7 Å². The molecule has 0 bridgehead atoms. The summed E-state index contributed by atoms with van der Waals surface area (Å²) in [5.41, 5.74) is 2.83. The van der Waals surface area contributed by atoms with E-state index >= 15 is 0 Å². The van der Waals surface area contributed by atoms with Crippen molar-refractivity contribution in [3.05, 3.63) is 34.3 Å². The molecule has 1 aromatic carbocycles. The zero-order valence-electron chi connectivity index (χ0n) is 8.61. The van der Waals surface area contributed by atoms with Gasteiger partial charge in [0.2, 0.25) is 0 Å².